The Hall–Kier alpha value is -3.50. The number of sulfonamides is 1. The Bertz CT molecular complexity index is 1160. The highest BCUT2D eigenvalue weighted by molar-refractivity contribution is 7.89. The molecule has 3 aromatic rings. The molecule has 0 fully saturated rings. The minimum atomic E-state index is -3.87. The smallest absolute Gasteiger partial charge is 0.311 e. The van der Waals surface area contributed by atoms with E-state index in [1.165, 1.54) is 42.7 Å². The molecule has 0 spiro atoms. The van der Waals surface area contributed by atoms with Crippen molar-refractivity contribution < 1.29 is 31.9 Å². The minimum absolute atomic E-state index is 0.0378. The van der Waals surface area contributed by atoms with Gasteiger partial charge < -0.3 is 14.8 Å². The Balaban J connectivity index is 1.68. The third kappa shape index (κ3) is 6.00. The second kappa shape index (κ2) is 9.54. The maximum Gasteiger partial charge on any atom is 0.311 e. The lowest BCUT2D eigenvalue weighted by molar-refractivity contribution is -0.140. The van der Waals surface area contributed by atoms with Crippen molar-refractivity contribution in [3.63, 3.8) is 0 Å². The van der Waals surface area contributed by atoms with Gasteiger partial charge in [-0.05, 0) is 48.0 Å². The Morgan fingerprint density at radius 2 is 1.81 bits per heavy atom. The molecule has 2 aromatic carbocycles. The molecule has 3 rings (SSSR count). The van der Waals surface area contributed by atoms with Crippen molar-refractivity contribution in [3.8, 4) is 0 Å². The van der Waals surface area contributed by atoms with Crippen molar-refractivity contribution in [2.45, 2.75) is 23.8 Å². The maximum atomic E-state index is 13.1. The molecule has 1 aromatic heterocycles. The number of amides is 1. The number of nitrogens with one attached hydrogen (secondary N) is 2. The Labute approximate surface area is 177 Å². The zero-order chi connectivity index (χ0) is 22.4. The molecule has 1 heterocycles. The van der Waals surface area contributed by atoms with Crippen LogP contribution in [0.3, 0.4) is 0 Å². The molecule has 31 heavy (non-hydrogen) atoms. The van der Waals surface area contributed by atoms with E-state index >= 15 is 0 Å². The summed E-state index contributed by atoms with van der Waals surface area (Å²) in [5.74, 6) is -3.12. The zero-order valence-electron chi connectivity index (χ0n) is 16.1. The summed E-state index contributed by atoms with van der Waals surface area (Å²) < 4.78 is 45.5. The monoisotopic (exact) mass is 446 g/mol. The van der Waals surface area contributed by atoms with E-state index in [-0.39, 0.29) is 22.7 Å². The summed E-state index contributed by atoms with van der Waals surface area (Å²) in [4.78, 5) is 23.9. The van der Waals surface area contributed by atoms with E-state index in [9.17, 15) is 27.5 Å². The number of hydrogen-bond acceptors (Lipinski definition) is 5. The largest absolute Gasteiger partial charge is 0.481 e. The van der Waals surface area contributed by atoms with Crippen molar-refractivity contribution in [2.24, 2.45) is 0 Å². The summed E-state index contributed by atoms with van der Waals surface area (Å²) in [5.41, 5.74) is 0.469. The molecule has 162 valence electrons. The third-order valence-electron chi connectivity index (χ3n) is 4.40. The quantitative estimate of drug-likeness (QED) is 0.464. The summed E-state index contributed by atoms with van der Waals surface area (Å²) in [6.45, 7) is -0.0378. The number of halogens is 1. The molecular weight excluding hydrogens is 427 g/mol. The van der Waals surface area contributed by atoms with Gasteiger partial charge in [-0.2, -0.15) is 0 Å². The standard InChI is InChI=1S/C21H19FN2O6S/c22-15-8-6-14(7-9-15)19(21(26)27)12-20(25)24-16-3-1-5-18(11-16)31(28,29)23-13-17-4-2-10-30-17/h1-11,19,23H,12-13H2,(H,24,25)(H,26,27). The first kappa shape index (κ1) is 22.2. The average Bonchev–Trinajstić information content (AvgIpc) is 3.25. The number of hydrogen-bond donors (Lipinski definition) is 3. The molecule has 0 bridgehead atoms. The van der Waals surface area contributed by atoms with Crippen LogP contribution < -0.4 is 10.0 Å². The second-order valence-corrected chi connectivity index (χ2v) is 8.39. The van der Waals surface area contributed by atoms with E-state index in [0.29, 0.717) is 5.76 Å². The van der Waals surface area contributed by atoms with Gasteiger partial charge >= 0.3 is 5.97 Å². The number of anilines is 1. The lowest BCUT2D eigenvalue weighted by atomic mass is 9.95. The molecule has 1 unspecified atom stereocenters. The van der Waals surface area contributed by atoms with Crippen molar-refractivity contribution in [2.75, 3.05) is 5.32 Å². The number of aliphatic carboxylic acids is 1. The molecule has 1 amide bonds. The van der Waals surface area contributed by atoms with Crippen LogP contribution in [0.4, 0.5) is 10.1 Å². The van der Waals surface area contributed by atoms with Crippen molar-refractivity contribution in [3.05, 3.63) is 84.1 Å². The third-order valence-corrected chi connectivity index (χ3v) is 5.80. The molecule has 0 saturated carbocycles. The van der Waals surface area contributed by atoms with Crippen LogP contribution in [0, 0.1) is 5.82 Å². The highest BCUT2D eigenvalue weighted by Gasteiger charge is 2.24. The molecule has 8 nitrogen and oxygen atoms in total. The zero-order valence-corrected chi connectivity index (χ0v) is 16.9. The lowest BCUT2D eigenvalue weighted by Gasteiger charge is -2.13. The van der Waals surface area contributed by atoms with Gasteiger partial charge in [0.1, 0.15) is 11.6 Å². The van der Waals surface area contributed by atoms with Crippen LogP contribution in [0.1, 0.15) is 23.7 Å². The predicted molar refractivity (Wildman–Crippen MR) is 109 cm³/mol. The van der Waals surface area contributed by atoms with Gasteiger partial charge in [0.2, 0.25) is 15.9 Å². The summed E-state index contributed by atoms with van der Waals surface area (Å²) in [5, 5.41) is 11.9. The van der Waals surface area contributed by atoms with Gasteiger partial charge in [-0.25, -0.2) is 17.5 Å². The fraction of sp³-hybridized carbons (Fsp3) is 0.143. The van der Waals surface area contributed by atoms with Gasteiger partial charge in [0.05, 0.1) is 23.6 Å². The maximum absolute atomic E-state index is 13.1. The van der Waals surface area contributed by atoms with Crippen LogP contribution in [-0.4, -0.2) is 25.4 Å². The van der Waals surface area contributed by atoms with Gasteiger partial charge in [0, 0.05) is 12.1 Å². The van der Waals surface area contributed by atoms with Gasteiger partial charge in [-0.3, -0.25) is 9.59 Å². The van der Waals surface area contributed by atoms with Gasteiger partial charge in [0.15, 0.2) is 0 Å². The Morgan fingerprint density at radius 1 is 1.06 bits per heavy atom. The van der Waals surface area contributed by atoms with Crippen molar-refractivity contribution >= 4 is 27.6 Å². The average molecular weight is 446 g/mol. The fourth-order valence-corrected chi connectivity index (χ4v) is 3.88. The van der Waals surface area contributed by atoms with Gasteiger partial charge in [0.25, 0.3) is 0 Å². The van der Waals surface area contributed by atoms with Crippen LogP contribution in [-0.2, 0) is 26.2 Å². The Morgan fingerprint density at radius 3 is 2.45 bits per heavy atom. The molecule has 0 aliphatic carbocycles. The molecular formula is C21H19FN2O6S. The Kier molecular flexibility index (Phi) is 6.83. The predicted octanol–water partition coefficient (Wildman–Crippen LogP) is 3.09. The van der Waals surface area contributed by atoms with E-state index in [0.717, 1.165) is 12.1 Å². The summed E-state index contributed by atoms with van der Waals surface area (Å²) >= 11 is 0. The molecule has 0 aliphatic rings. The van der Waals surface area contributed by atoms with E-state index in [1.807, 2.05) is 0 Å². The second-order valence-electron chi connectivity index (χ2n) is 6.63. The number of carboxylic acid groups (broad SMARTS) is 1. The van der Waals surface area contributed by atoms with Gasteiger partial charge in [-0.15, -0.1) is 0 Å². The first-order valence-corrected chi connectivity index (χ1v) is 10.6. The molecule has 0 saturated heterocycles. The number of furan rings is 1. The van der Waals surface area contributed by atoms with Crippen molar-refractivity contribution in [1.29, 1.82) is 0 Å². The highest BCUT2D eigenvalue weighted by Crippen LogP contribution is 2.22. The molecule has 1 atom stereocenters. The SMILES string of the molecule is O=C(CC(C(=O)O)c1ccc(F)cc1)Nc1cccc(S(=O)(=O)NCc2ccco2)c1. The summed E-state index contributed by atoms with van der Waals surface area (Å²) in [6.07, 6.45) is 1.02. The number of carbonyl (C=O) groups is 2. The van der Waals surface area contributed by atoms with E-state index in [4.69, 9.17) is 4.42 Å². The first-order valence-electron chi connectivity index (χ1n) is 9.15. The summed E-state index contributed by atoms with van der Waals surface area (Å²) in [7, 11) is -3.87. The number of benzene rings is 2. The van der Waals surface area contributed by atoms with Crippen molar-refractivity contribution in [1.82, 2.24) is 4.72 Å². The minimum Gasteiger partial charge on any atom is -0.481 e. The van der Waals surface area contributed by atoms with Crippen LogP contribution in [0.15, 0.2) is 76.2 Å². The number of carboxylic acids is 1. The molecule has 0 radical (unpaired) electrons. The summed E-state index contributed by atoms with van der Waals surface area (Å²) in [6, 6.07) is 13.7. The van der Waals surface area contributed by atoms with E-state index < -0.39 is 40.1 Å². The van der Waals surface area contributed by atoms with E-state index in [2.05, 4.69) is 10.0 Å². The normalized spacial score (nSPS) is 12.3. The number of rotatable bonds is 9. The number of carbonyl (C=O) groups excluding carboxylic acids is 1. The fourth-order valence-electron chi connectivity index (χ4n) is 2.84. The van der Waals surface area contributed by atoms with Crippen LogP contribution in [0.5, 0.6) is 0 Å². The lowest BCUT2D eigenvalue weighted by Crippen LogP contribution is -2.23. The topological polar surface area (TPSA) is 126 Å². The molecule has 0 aliphatic heterocycles. The van der Waals surface area contributed by atoms with Crippen LogP contribution >= 0.6 is 0 Å². The molecule has 10 heteroatoms. The van der Waals surface area contributed by atoms with Crippen LogP contribution in [0.2, 0.25) is 0 Å². The van der Waals surface area contributed by atoms with E-state index in [1.54, 1.807) is 12.1 Å². The first-order chi connectivity index (χ1) is 14.7. The molecule has 3 N–H and O–H groups in total. The highest BCUT2D eigenvalue weighted by atomic mass is 32.2. The van der Waals surface area contributed by atoms with Gasteiger partial charge in [-0.1, -0.05) is 18.2 Å². The van der Waals surface area contributed by atoms with Crippen LogP contribution in [0.25, 0.3) is 0 Å².